The molecule has 0 aliphatic rings. The fraction of sp³-hybridized carbons (Fsp3) is 0.273. The van der Waals surface area contributed by atoms with E-state index in [9.17, 15) is 9.18 Å². The zero-order valence-electron chi connectivity index (χ0n) is 16.6. The molecule has 0 bridgehead atoms. The first-order valence-corrected chi connectivity index (χ1v) is 9.27. The van der Waals surface area contributed by atoms with E-state index in [2.05, 4.69) is 15.7 Å². The van der Waals surface area contributed by atoms with Gasteiger partial charge in [0.15, 0.2) is 0 Å². The van der Waals surface area contributed by atoms with Crippen LogP contribution in [0.3, 0.4) is 0 Å². The number of anilines is 1. The lowest BCUT2D eigenvalue weighted by Crippen LogP contribution is -2.30. The van der Waals surface area contributed by atoms with Crippen LogP contribution in [-0.4, -0.2) is 22.2 Å². The first-order valence-electron chi connectivity index (χ1n) is 9.27. The molecule has 1 aromatic heterocycles. The van der Waals surface area contributed by atoms with Gasteiger partial charge in [0.25, 0.3) is 0 Å². The third-order valence-electron chi connectivity index (χ3n) is 4.77. The van der Waals surface area contributed by atoms with Crippen molar-refractivity contribution in [2.45, 2.75) is 33.7 Å². The second-order valence-electron chi connectivity index (χ2n) is 6.97. The van der Waals surface area contributed by atoms with Crippen LogP contribution in [0.4, 0.5) is 10.1 Å². The van der Waals surface area contributed by atoms with Gasteiger partial charge in [0, 0.05) is 11.6 Å². The number of rotatable bonds is 6. The summed E-state index contributed by atoms with van der Waals surface area (Å²) < 4.78 is 15.7. The Labute approximate surface area is 164 Å². The van der Waals surface area contributed by atoms with Gasteiger partial charge in [-0.1, -0.05) is 35.9 Å². The van der Waals surface area contributed by atoms with Crippen LogP contribution in [0.25, 0.3) is 5.69 Å². The summed E-state index contributed by atoms with van der Waals surface area (Å²) in [6.07, 6.45) is 0. The third kappa shape index (κ3) is 4.28. The second kappa shape index (κ2) is 8.35. The van der Waals surface area contributed by atoms with Crippen LogP contribution >= 0.6 is 0 Å². The second-order valence-corrected chi connectivity index (χ2v) is 6.97. The molecule has 0 fully saturated rings. The van der Waals surface area contributed by atoms with E-state index < -0.39 is 0 Å². The molecule has 2 aromatic carbocycles. The maximum atomic E-state index is 13.9. The van der Waals surface area contributed by atoms with E-state index in [1.165, 1.54) is 11.6 Å². The fourth-order valence-corrected chi connectivity index (χ4v) is 3.13. The van der Waals surface area contributed by atoms with Gasteiger partial charge in [-0.3, -0.25) is 4.79 Å². The molecule has 0 saturated heterocycles. The molecule has 2 N–H and O–H groups in total. The van der Waals surface area contributed by atoms with Crippen LogP contribution in [0.15, 0.2) is 48.5 Å². The van der Waals surface area contributed by atoms with Crippen molar-refractivity contribution in [2.24, 2.45) is 0 Å². The van der Waals surface area contributed by atoms with Crippen molar-refractivity contribution in [3.63, 3.8) is 0 Å². The largest absolute Gasteiger partial charge is 0.322 e. The van der Waals surface area contributed by atoms with Gasteiger partial charge in [-0.2, -0.15) is 5.10 Å². The molecule has 3 aromatic rings. The van der Waals surface area contributed by atoms with E-state index in [0.29, 0.717) is 11.3 Å². The van der Waals surface area contributed by atoms with Crippen molar-refractivity contribution < 1.29 is 9.18 Å². The molecule has 146 valence electrons. The molecule has 0 saturated carbocycles. The third-order valence-corrected chi connectivity index (χ3v) is 4.77. The van der Waals surface area contributed by atoms with Crippen LogP contribution in [0, 0.1) is 26.6 Å². The van der Waals surface area contributed by atoms with Gasteiger partial charge in [0.05, 0.1) is 29.3 Å². The molecule has 0 aliphatic carbocycles. The standard InChI is InChI=1S/C22H25FN4O/c1-14-9-11-18(12-10-14)27-17(4)22(16(3)26-27)25-21(28)13-24-15(2)19-7-5-6-8-20(19)23/h5-12,15,24H,13H2,1-4H3,(H,25,28). The molecule has 0 aliphatic heterocycles. The van der Waals surface area contributed by atoms with E-state index in [4.69, 9.17) is 0 Å². The van der Waals surface area contributed by atoms with Crippen molar-refractivity contribution in [1.82, 2.24) is 15.1 Å². The Hall–Kier alpha value is -2.99. The maximum absolute atomic E-state index is 13.9. The quantitative estimate of drug-likeness (QED) is 0.673. The minimum absolute atomic E-state index is 0.0735. The highest BCUT2D eigenvalue weighted by molar-refractivity contribution is 5.93. The Balaban J connectivity index is 1.67. The highest BCUT2D eigenvalue weighted by Gasteiger charge is 2.16. The van der Waals surface area contributed by atoms with Crippen molar-refractivity contribution in [1.29, 1.82) is 0 Å². The van der Waals surface area contributed by atoms with E-state index in [0.717, 1.165) is 17.1 Å². The van der Waals surface area contributed by atoms with Crippen LogP contribution in [0.1, 0.15) is 35.5 Å². The summed E-state index contributed by atoms with van der Waals surface area (Å²) in [5, 5.41) is 10.5. The monoisotopic (exact) mass is 380 g/mol. The van der Waals surface area contributed by atoms with Crippen molar-refractivity contribution in [3.8, 4) is 5.69 Å². The lowest BCUT2D eigenvalue weighted by molar-refractivity contribution is -0.115. The summed E-state index contributed by atoms with van der Waals surface area (Å²) in [6.45, 7) is 7.72. The molecule has 5 nitrogen and oxygen atoms in total. The molecule has 0 radical (unpaired) electrons. The van der Waals surface area contributed by atoms with Gasteiger partial charge in [-0.15, -0.1) is 0 Å². The lowest BCUT2D eigenvalue weighted by atomic mass is 10.1. The number of carbonyl (C=O) groups is 1. The van der Waals surface area contributed by atoms with Crippen LogP contribution in [0.2, 0.25) is 0 Å². The van der Waals surface area contributed by atoms with Gasteiger partial charge in [-0.05, 0) is 45.9 Å². The first kappa shape index (κ1) is 19.8. The fourth-order valence-electron chi connectivity index (χ4n) is 3.13. The lowest BCUT2D eigenvalue weighted by Gasteiger charge is -2.15. The number of nitrogens with one attached hydrogen (secondary N) is 2. The number of aryl methyl sites for hydroxylation is 2. The molecule has 28 heavy (non-hydrogen) atoms. The number of amides is 1. The normalized spacial score (nSPS) is 12.0. The summed E-state index contributed by atoms with van der Waals surface area (Å²) in [4.78, 5) is 12.4. The number of hydrogen-bond donors (Lipinski definition) is 2. The summed E-state index contributed by atoms with van der Waals surface area (Å²) in [7, 11) is 0. The summed E-state index contributed by atoms with van der Waals surface area (Å²) in [5.74, 6) is -0.480. The topological polar surface area (TPSA) is 59.0 Å². The van der Waals surface area contributed by atoms with E-state index >= 15 is 0 Å². The highest BCUT2D eigenvalue weighted by Crippen LogP contribution is 2.23. The number of halogens is 1. The highest BCUT2D eigenvalue weighted by atomic mass is 19.1. The van der Waals surface area contributed by atoms with Crippen molar-refractivity contribution >= 4 is 11.6 Å². The van der Waals surface area contributed by atoms with Crippen molar-refractivity contribution in [2.75, 3.05) is 11.9 Å². The van der Waals surface area contributed by atoms with Crippen molar-refractivity contribution in [3.05, 3.63) is 76.9 Å². The van der Waals surface area contributed by atoms with Crippen LogP contribution < -0.4 is 10.6 Å². The molecule has 0 spiro atoms. The number of benzene rings is 2. The summed E-state index contributed by atoms with van der Waals surface area (Å²) in [5.41, 5.74) is 4.96. The van der Waals surface area contributed by atoms with E-state index in [1.54, 1.807) is 18.2 Å². The SMILES string of the molecule is Cc1ccc(-n2nc(C)c(NC(=O)CNC(C)c3ccccc3F)c2C)cc1. The minimum atomic E-state index is -0.283. The van der Waals surface area contributed by atoms with Gasteiger partial charge in [0.1, 0.15) is 5.82 Å². The van der Waals surface area contributed by atoms with Gasteiger partial charge in [0.2, 0.25) is 5.91 Å². The number of aromatic nitrogens is 2. The number of hydrogen-bond acceptors (Lipinski definition) is 3. The first-order chi connectivity index (χ1) is 13.4. The average molecular weight is 380 g/mol. The Kier molecular flexibility index (Phi) is 5.90. The van der Waals surface area contributed by atoms with Gasteiger partial charge in [-0.25, -0.2) is 9.07 Å². The van der Waals surface area contributed by atoms with Gasteiger partial charge < -0.3 is 10.6 Å². The predicted molar refractivity (Wildman–Crippen MR) is 109 cm³/mol. The summed E-state index contributed by atoms with van der Waals surface area (Å²) >= 11 is 0. The maximum Gasteiger partial charge on any atom is 0.238 e. The Morgan fingerprint density at radius 1 is 1.11 bits per heavy atom. The molecule has 1 amide bonds. The van der Waals surface area contributed by atoms with E-state index in [1.807, 2.05) is 56.6 Å². The minimum Gasteiger partial charge on any atom is -0.322 e. The molecular weight excluding hydrogens is 355 g/mol. The smallest absolute Gasteiger partial charge is 0.238 e. The number of carbonyl (C=O) groups excluding carboxylic acids is 1. The molecule has 3 rings (SSSR count). The Morgan fingerprint density at radius 3 is 2.46 bits per heavy atom. The predicted octanol–water partition coefficient (Wildman–Crippen LogP) is 4.23. The summed E-state index contributed by atoms with van der Waals surface area (Å²) in [6, 6.07) is 14.3. The molecule has 6 heteroatoms. The average Bonchev–Trinajstić information content (AvgIpc) is 2.95. The molecule has 1 atom stereocenters. The zero-order chi connectivity index (χ0) is 20.3. The Morgan fingerprint density at radius 2 is 1.79 bits per heavy atom. The van der Waals surface area contributed by atoms with Gasteiger partial charge >= 0.3 is 0 Å². The number of nitrogens with zero attached hydrogens (tertiary/aromatic N) is 2. The molecule has 1 heterocycles. The zero-order valence-corrected chi connectivity index (χ0v) is 16.6. The molecular formula is C22H25FN4O. The van der Waals surface area contributed by atoms with E-state index in [-0.39, 0.29) is 24.3 Å². The van der Waals surface area contributed by atoms with Crippen LogP contribution in [0.5, 0.6) is 0 Å². The molecule has 1 unspecified atom stereocenters. The Bertz CT molecular complexity index is 979. The van der Waals surface area contributed by atoms with Crippen LogP contribution in [-0.2, 0) is 4.79 Å².